The van der Waals surface area contributed by atoms with Crippen molar-refractivity contribution in [3.05, 3.63) is 0 Å². The summed E-state index contributed by atoms with van der Waals surface area (Å²) in [6.07, 6.45) is 1.30. The normalized spacial score (nSPS) is 23.4. The van der Waals surface area contributed by atoms with Crippen LogP contribution >= 0.6 is 0 Å². The maximum absolute atomic E-state index is 11.8. The third kappa shape index (κ3) is 4.73. The highest BCUT2D eigenvalue weighted by atomic mass is 16.2. The minimum absolute atomic E-state index is 0.00439. The maximum Gasteiger partial charge on any atom is 0.224 e. The van der Waals surface area contributed by atoms with Crippen molar-refractivity contribution in [1.29, 1.82) is 0 Å². The fourth-order valence-electron chi connectivity index (χ4n) is 1.94. The number of carbonyl (C=O) groups is 2. The monoisotopic (exact) mass is 241 g/mol. The van der Waals surface area contributed by atoms with Crippen molar-refractivity contribution >= 4 is 11.8 Å². The lowest BCUT2D eigenvalue weighted by molar-refractivity contribution is -0.125. The molecule has 0 saturated carbocycles. The molecule has 1 aliphatic rings. The molecular formula is C12H23N3O2. The number of amides is 2. The first-order valence-electron chi connectivity index (χ1n) is 6.40. The molecule has 98 valence electrons. The van der Waals surface area contributed by atoms with Crippen LogP contribution in [0.2, 0.25) is 0 Å². The summed E-state index contributed by atoms with van der Waals surface area (Å²) >= 11 is 0. The van der Waals surface area contributed by atoms with Gasteiger partial charge >= 0.3 is 0 Å². The van der Waals surface area contributed by atoms with E-state index in [9.17, 15) is 9.59 Å². The lowest BCUT2D eigenvalue weighted by Crippen LogP contribution is -2.37. The topological polar surface area (TPSA) is 70.2 Å². The molecule has 0 bridgehead atoms. The highest BCUT2D eigenvalue weighted by molar-refractivity contribution is 5.81. The van der Waals surface area contributed by atoms with Crippen LogP contribution in [0.4, 0.5) is 0 Å². The molecule has 5 nitrogen and oxygen atoms in total. The van der Waals surface area contributed by atoms with E-state index in [4.69, 9.17) is 0 Å². The average molecular weight is 241 g/mol. The molecule has 2 amide bonds. The Morgan fingerprint density at radius 2 is 2.00 bits per heavy atom. The Kier molecular flexibility index (Phi) is 5.97. The van der Waals surface area contributed by atoms with E-state index in [1.165, 1.54) is 0 Å². The van der Waals surface area contributed by atoms with Crippen LogP contribution in [-0.2, 0) is 9.59 Å². The van der Waals surface area contributed by atoms with Crippen LogP contribution in [0.5, 0.6) is 0 Å². The summed E-state index contributed by atoms with van der Waals surface area (Å²) in [4.78, 5) is 23.1. The molecule has 1 saturated heterocycles. The van der Waals surface area contributed by atoms with Gasteiger partial charge in [-0.15, -0.1) is 0 Å². The largest absolute Gasteiger partial charge is 0.356 e. The molecule has 2 atom stereocenters. The van der Waals surface area contributed by atoms with E-state index in [1.807, 2.05) is 6.92 Å². The second-order valence-electron chi connectivity index (χ2n) is 4.63. The van der Waals surface area contributed by atoms with Crippen molar-refractivity contribution in [1.82, 2.24) is 16.0 Å². The van der Waals surface area contributed by atoms with Gasteiger partial charge in [0.2, 0.25) is 11.8 Å². The van der Waals surface area contributed by atoms with E-state index in [0.717, 1.165) is 19.5 Å². The van der Waals surface area contributed by atoms with Gasteiger partial charge in [0.1, 0.15) is 0 Å². The standard InChI is InChI=1S/C12H23N3O2/c1-3-5-14-11(16)4-6-15-12(17)10-8-13-7-9(10)2/h9-10,13H,3-8H2,1-2H3,(H,14,16)(H,15,17). The second kappa shape index (κ2) is 7.27. The van der Waals surface area contributed by atoms with Crippen molar-refractivity contribution in [2.45, 2.75) is 26.7 Å². The molecule has 3 N–H and O–H groups in total. The van der Waals surface area contributed by atoms with Crippen LogP contribution in [0.25, 0.3) is 0 Å². The fourth-order valence-corrected chi connectivity index (χ4v) is 1.94. The number of carbonyl (C=O) groups excluding carboxylic acids is 2. The van der Waals surface area contributed by atoms with E-state index < -0.39 is 0 Å². The van der Waals surface area contributed by atoms with Gasteiger partial charge in [0.15, 0.2) is 0 Å². The molecule has 0 aromatic rings. The first kappa shape index (κ1) is 14.0. The number of hydrogen-bond acceptors (Lipinski definition) is 3. The molecule has 1 aliphatic heterocycles. The van der Waals surface area contributed by atoms with Crippen molar-refractivity contribution in [3.8, 4) is 0 Å². The minimum atomic E-state index is 0.00439. The SMILES string of the molecule is CCCNC(=O)CCNC(=O)C1CNCC1C. The Hall–Kier alpha value is -1.10. The van der Waals surface area contributed by atoms with E-state index in [1.54, 1.807) is 0 Å². The average Bonchev–Trinajstić information content (AvgIpc) is 2.72. The van der Waals surface area contributed by atoms with Crippen LogP contribution in [-0.4, -0.2) is 38.0 Å². The van der Waals surface area contributed by atoms with Crippen LogP contribution < -0.4 is 16.0 Å². The van der Waals surface area contributed by atoms with E-state index in [2.05, 4.69) is 22.9 Å². The lowest BCUT2D eigenvalue weighted by Gasteiger charge is -2.13. The molecule has 1 heterocycles. The Morgan fingerprint density at radius 1 is 1.24 bits per heavy atom. The zero-order valence-corrected chi connectivity index (χ0v) is 10.7. The zero-order chi connectivity index (χ0) is 12.7. The van der Waals surface area contributed by atoms with E-state index in [0.29, 0.717) is 25.4 Å². The van der Waals surface area contributed by atoms with Gasteiger partial charge in [-0.3, -0.25) is 9.59 Å². The lowest BCUT2D eigenvalue weighted by atomic mass is 9.97. The number of rotatable bonds is 6. The quantitative estimate of drug-likeness (QED) is 0.607. The van der Waals surface area contributed by atoms with Crippen molar-refractivity contribution in [2.75, 3.05) is 26.2 Å². The van der Waals surface area contributed by atoms with Crippen molar-refractivity contribution in [3.63, 3.8) is 0 Å². The third-order valence-corrected chi connectivity index (χ3v) is 3.08. The first-order chi connectivity index (χ1) is 8.15. The molecule has 0 spiro atoms. The summed E-state index contributed by atoms with van der Waals surface area (Å²) in [5, 5.41) is 8.79. The van der Waals surface area contributed by atoms with Gasteiger partial charge in [-0.25, -0.2) is 0 Å². The van der Waals surface area contributed by atoms with Crippen LogP contribution in [0, 0.1) is 11.8 Å². The molecule has 2 unspecified atom stereocenters. The molecule has 0 radical (unpaired) electrons. The van der Waals surface area contributed by atoms with Crippen molar-refractivity contribution < 1.29 is 9.59 Å². The molecule has 17 heavy (non-hydrogen) atoms. The summed E-state index contributed by atoms with van der Waals surface area (Å²) in [5.41, 5.74) is 0. The van der Waals surface area contributed by atoms with E-state index in [-0.39, 0.29) is 17.7 Å². The summed E-state index contributed by atoms with van der Waals surface area (Å²) in [6.45, 7) is 6.85. The summed E-state index contributed by atoms with van der Waals surface area (Å²) < 4.78 is 0. The van der Waals surface area contributed by atoms with Gasteiger partial charge in [0.05, 0.1) is 5.92 Å². The molecular weight excluding hydrogens is 218 g/mol. The fraction of sp³-hybridized carbons (Fsp3) is 0.833. The van der Waals surface area contributed by atoms with Gasteiger partial charge in [-0.1, -0.05) is 13.8 Å². The van der Waals surface area contributed by atoms with Crippen LogP contribution in [0.1, 0.15) is 26.7 Å². The maximum atomic E-state index is 11.8. The predicted molar refractivity (Wildman–Crippen MR) is 66.5 cm³/mol. The Morgan fingerprint density at radius 3 is 2.59 bits per heavy atom. The van der Waals surface area contributed by atoms with E-state index >= 15 is 0 Å². The highest BCUT2D eigenvalue weighted by Gasteiger charge is 2.29. The van der Waals surface area contributed by atoms with Gasteiger partial charge in [-0.05, 0) is 18.9 Å². The second-order valence-corrected chi connectivity index (χ2v) is 4.63. The summed E-state index contributed by atoms with van der Waals surface area (Å²) in [7, 11) is 0. The van der Waals surface area contributed by atoms with Gasteiger partial charge in [0.25, 0.3) is 0 Å². The Labute approximate surface area is 103 Å². The van der Waals surface area contributed by atoms with Gasteiger partial charge < -0.3 is 16.0 Å². The molecule has 0 aromatic carbocycles. The molecule has 0 aromatic heterocycles. The van der Waals surface area contributed by atoms with Crippen LogP contribution in [0.15, 0.2) is 0 Å². The first-order valence-corrected chi connectivity index (χ1v) is 6.40. The zero-order valence-electron chi connectivity index (χ0n) is 10.7. The summed E-state index contributed by atoms with van der Waals surface area (Å²) in [5.74, 6) is 0.494. The number of nitrogens with one attached hydrogen (secondary N) is 3. The molecule has 1 fully saturated rings. The number of hydrogen-bond donors (Lipinski definition) is 3. The smallest absolute Gasteiger partial charge is 0.224 e. The predicted octanol–water partition coefficient (Wildman–Crippen LogP) is -0.126. The van der Waals surface area contributed by atoms with Crippen molar-refractivity contribution in [2.24, 2.45) is 11.8 Å². The molecule has 1 rings (SSSR count). The highest BCUT2D eigenvalue weighted by Crippen LogP contribution is 2.15. The van der Waals surface area contributed by atoms with Gasteiger partial charge in [-0.2, -0.15) is 0 Å². The van der Waals surface area contributed by atoms with Crippen LogP contribution in [0.3, 0.4) is 0 Å². The minimum Gasteiger partial charge on any atom is -0.356 e. The Bertz CT molecular complexity index is 268. The van der Waals surface area contributed by atoms with Gasteiger partial charge in [0, 0.05) is 26.1 Å². The Balaban J connectivity index is 2.13. The molecule has 5 heteroatoms. The molecule has 0 aliphatic carbocycles. The third-order valence-electron chi connectivity index (χ3n) is 3.08. The summed E-state index contributed by atoms with van der Waals surface area (Å²) in [6, 6.07) is 0.